The maximum absolute atomic E-state index is 11.4. The maximum Gasteiger partial charge on any atom is 0.231 e. The molecule has 1 aliphatic heterocycles. The Bertz CT molecular complexity index is 1230. The second-order valence-corrected chi connectivity index (χ2v) is 8.93. The lowest BCUT2D eigenvalue weighted by Gasteiger charge is -2.34. The van der Waals surface area contributed by atoms with Crippen molar-refractivity contribution in [2.75, 3.05) is 41.8 Å². The number of rotatable bonds is 12. The van der Waals surface area contributed by atoms with Gasteiger partial charge in [0.05, 0.1) is 41.2 Å². The molecule has 0 aliphatic carbocycles. The lowest BCUT2D eigenvalue weighted by atomic mass is 9.80. The third-order valence-electron chi connectivity index (χ3n) is 6.87. The van der Waals surface area contributed by atoms with Crippen molar-refractivity contribution in [3.05, 3.63) is 65.7 Å². The molecule has 9 nitrogen and oxygen atoms in total. The Morgan fingerprint density at radius 1 is 0.737 bits per heavy atom. The average Bonchev–Trinajstić information content (AvgIpc) is 3.44. The van der Waals surface area contributed by atoms with Gasteiger partial charge in [-0.2, -0.15) is 0 Å². The Balaban J connectivity index is 1.71. The van der Waals surface area contributed by atoms with Crippen molar-refractivity contribution in [1.29, 1.82) is 0 Å². The molecule has 0 spiro atoms. The van der Waals surface area contributed by atoms with E-state index < -0.39 is 24.0 Å². The molecule has 0 radical (unpaired) electrons. The molecule has 4 rings (SSSR count). The van der Waals surface area contributed by atoms with E-state index in [0.29, 0.717) is 45.8 Å². The van der Waals surface area contributed by atoms with Crippen LogP contribution in [0.5, 0.6) is 40.2 Å². The van der Waals surface area contributed by atoms with Gasteiger partial charge in [0.15, 0.2) is 34.5 Å². The zero-order valence-electron chi connectivity index (χ0n) is 22.2. The number of ether oxygens (including phenoxy) is 7. The number of hydrogen-bond acceptors (Lipinski definition) is 9. The standard InChI is InChI=1S/C29H34O9/c1-17(28(31)18-6-10-24-27(12-18)37-16-36-24)21(15-30)29(19-7-9-22(32-2)25(13-19)34-4)38-20-8-11-23(33-3)26(14-20)35-5/h6-14,17,21,28-31H,15-16H2,1-5H3/t17-,21?,28?,29-/m0/s1. The smallest absolute Gasteiger partial charge is 0.231 e. The first-order chi connectivity index (χ1) is 18.4. The van der Waals surface area contributed by atoms with E-state index in [1.807, 2.05) is 19.1 Å². The minimum absolute atomic E-state index is 0.143. The molecule has 204 valence electrons. The first kappa shape index (κ1) is 27.2. The quantitative estimate of drug-likeness (QED) is 0.352. The molecule has 3 aromatic rings. The van der Waals surface area contributed by atoms with Crippen molar-refractivity contribution < 1.29 is 43.4 Å². The second kappa shape index (κ2) is 12.1. The van der Waals surface area contributed by atoms with Crippen molar-refractivity contribution in [3.63, 3.8) is 0 Å². The number of aliphatic hydroxyl groups is 2. The predicted molar refractivity (Wildman–Crippen MR) is 140 cm³/mol. The van der Waals surface area contributed by atoms with E-state index in [0.717, 1.165) is 5.56 Å². The fourth-order valence-electron chi connectivity index (χ4n) is 4.64. The molecule has 0 amide bonds. The SMILES string of the molecule is COc1ccc(O[C@@H](c2ccc(OC)c(OC)c2)C(CO)[C@H](C)C(O)c2ccc3c(c2)OCO3)cc1OC. The van der Waals surface area contributed by atoms with Gasteiger partial charge in [0.25, 0.3) is 0 Å². The Kier molecular flexibility index (Phi) is 8.70. The van der Waals surface area contributed by atoms with E-state index in [9.17, 15) is 10.2 Å². The van der Waals surface area contributed by atoms with Gasteiger partial charge in [-0.05, 0) is 53.4 Å². The zero-order valence-corrected chi connectivity index (χ0v) is 22.2. The molecule has 2 unspecified atom stereocenters. The van der Waals surface area contributed by atoms with Crippen molar-refractivity contribution in [2.45, 2.75) is 19.1 Å². The largest absolute Gasteiger partial charge is 0.493 e. The Morgan fingerprint density at radius 3 is 2.00 bits per heavy atom. The molecule has 38 heavy (non-hydrogen) atoms. The normalized spacial score (nSPS) is 15.2. The molecular formula is C29H34O9. The molecule has 4 atom stereocenters. The van der Waals surface area contributed by atoms with Gasteiger partial charge >= 0.3 is 0 Å². The van der Waals surface area contributed by atoms with E-state index in [-0.39, 0.29) is 13.4 Å². The summed E-state index contributed by atoms with van der Waals surface area (Å²) in [5, 5.41) is 22.0. The predicted octanol–water partition coefficient (Wildman–Crippen LogP) is 4.55. The van der Waals surface area contributed by atoms with E-state index >= 15 is 0 Å². The molecule has 2 N–H and O–H groups in total. The summed E-state index contributed by atoms with van der Waals surface area (Å²) < 4.78 is 39.1. The van der Waals surface area contributed by atoms with Gasteiger partial charge in [0, 0.05) is 12.0 Å². The second-order valence-electron chi connectivity index (χ2n) is 8.93. The van der Waals surface area contributed by atoms with Crippen LogP contribution in [-0.4, -0.2) is 52.1 Å². The van der Waals surface area contributed by atoms with Crippen LogP contribution >= 0.6 is 0 Å². The van der Waals surface area contributed by atoms with Gasteiger partial charge in [-0.25, -0.2) is 0 Å². The lowest BCUT2D eigenvalue weighted by molar-refractivity contribution is -0.00330. The molecule has 9 heteroatoms. The Labute approximate surface area is 222 Å². The fourth-order valence-corrected chi connectivity index (χ4v) is 4.64. The molecular weight excluding hydrogens is 492 g/mol. The Morgan fingerprint density at radius 2 is 1.34 bits per heavy atom. The number of fused-ring (bicyclic) bond motifs is 1. The molecule has 0 fully saturated rings. The molecule has 3 aromatic carbocycles. The fraction of sp³-hybridized carbons (Fsp3) is 0.379. The highest BCUT2D eigenvalue weighted by atomic mass is 16.7. The lowest BCUT2D eigenvalue weighted by Crippen LogP contribution is -2.31. The van der Waals surface area contributed by atoms with Gasteiger partial charge in [0.2, 0.25) is 6.79 Å². The third-order valence-corrected chi connectivity index (χ3v) is 6.87. The summed E-state index contributed by atoms with van der Waals surface area (Å²) in [5.41, 5.74) is 1.39. The van der Waals surface area contributed by atoms with Crippen molar-refractivity contribution in [2.24, 2.45) is 11.8 Å². The molecule has 0 saturated heterocycles. The summed E-state index contributed by atoms with van der Waals surface area (Å²) >= 11 is 0. The molecule has 0 saturated carbocycles. The van der Waals surface area contributed by atoms with Crippen LogP contribution < -0.4 is 33.2 Å². The van der Waals surface area contributed by atoms with Crippen molar-refractivity contribution >= 4 is 0 Å². The minimum Gasteiger partial charge on any atom is -0.493 e. The van der Waals surface area contributed by atoms with Gasteiger partial charge in [0.1, 0.15) is 11.9 Å². The zero-order chi connectivity index (χ0) is 27.2. The first-order valence-electron chi connectivity index (χ1n) is 12.2. The van der Waals surface area contributed by atoms with E-state index in [2.05, 4.69) is 0 Å². The van der Waals surface area contributed by atoms with Gasteiger partial charge in [-0.3, -0.25) is 0 Å². The van der Waals surface area contributed by atoms with Crippen LogP contribution in [0.1, 0.15) is 30.3 Å². The molecule has 1 heterocycles. The van der Waals surface area contributed by atoms with Crippen LogP contribution in [-0.2, 0) is 0 Å². The molecule has 1 aliphatic rings. The topological polar surface area (TPSA) is 105 Å². The van der Waals surface area contributed by atoms with E-state index in [4.69, 9.17) is 33.2 Å². The number of hydrogen-bond donors (Lipinski definition) is 2. The highest BCUT2D eigenvalue weighted by molar-refractivity contribution is 5.47. The van der Waals surface area contributed by atoms with Crippen LogP contribution in [0.25, 0.3) is 0 Å². The van der Waals surface area contributed by atoms with Crippen LogP contribution in [0.2, 0.25) is 0 Å². The summed E-state index contributed by atoms with van der Waals surface area (Å²) in [6, 6.07) is 16.0. The summed E-state index contributed by atoms with van der Waals surface area (Å²) in [5.74, 6) is 2.91. The average molecular weight is 527 g/mol. The van der Waals surface area contributed by atoms with Crippen LogP contribution in [0.4, 0.5) is 0 Å². The van der Waals surface area contributed by atoms with Crippen LogP contribution in [0.3, 0.4) is 0 Å². The Hall–Kier alpha value is -3.82. The van der Waals surface area contributed by atoms with Crippen molar-refractivity contribution in [3.8, 4) is 40.2 Å². The minimum atomic E-state index is -0.918. The number of aliphatic hydroxyl groups excluding tert-OH is 2. The molecule has 0 aromatic heterocycles. The van der Waals surface area contributed by atoms with E-state index in [1.54, 1.807) is 70.9 Å². The monoisotopic (exact) mass is 526 g/mol. The number of benzene rings is 3. The summed E-state index contributed by atoms with van der Waals surface area (Å²) in [7, 11) is 6.23. The van der Waals surface area contributed by atoms with Gasteiger partial charge in [-0.1, -0.05) is 19.1 Å². The summed E-state index contributed by atoms with van der Waals surface area (Å²) in [6.45, 7) is 1.77. The van der Waals surface area contributed by atoms with Gasteiger partial charge in [-0.15, -0.1) is 0 Å². The van der Waals surface area contributed by atoms with Crippen LogP contribution in [0.15, 0.2) is 54.6 Å². The van der Waals surface area contributed by atoms with Gasteiger partial charge < -0.3 is 43.4 Å². The third kappa shape index (κ3) is 5.54. The highest BCUT2D eigenvalue weighted by Gasteiger charge is 2.35. The first-order valence-corrected chi connectivity index (χ1v) is 12.2. The summed E-state index contributed by atoms with van der Waals surface area (Å²) in [4.78, 5) is 0. The maximum atomic E-state index is 11.4. The highest BCUT2D eigenvalue weighted by Crippen LogP contribution is 2.43. The van der Waals surface area contributed by atoms with E-state index in [1.165, 1.54) is 0 Å². The number of methoxy groups -OCH3 is 4. The molecule has 0 bridgehead atoms. The summed E-state index contributed by atoms with van der Waals surface area (Å²) in [6.07, 6.45) is -1.59. The van der Waals surface area contributed by atoms with Crippen molar-refractivity contribution in [1.82, 2.24) is 0 Å². The van der Waals surface area contributed by atoms with Crippen LogP contribution in [0, 0.1) is 11.8 Å².